The average molecular weight is 375 g/mol. The molecule has 2 aromatic rings. The van der Waals surface area contributed by atoms with E-state index in [1.165, 1.54) is 6.07 Å². The molecule has 2 fully saturated rings. The van der Waals surface area contributed by atoms with Crippen LogP contribution in [-0.4, -0.2) is 40.4 Å². The molecule has 0 atom stereocenters. The van der Waals surface area contributed by atoms with E-state index in [0.29, 0.717) is 11.3 Å². The molecule has 0 spiro atoms. The quantitative estimate of drug-likeness (QED) is 0.301. The van der Waals surface area contributed by atoms with E-state index in [1.54, 1.807) is 36.4 Å². The molecule has 8 nitrogen and oxygen atoms in total. The Morgan fingerprint density at radius 2 is 1.69 bits per heavy atom. The lowest BCUT2D eigenvalue weighted by Crippen LogP contribution is -2.08. The van der Waals surface area contributed by atoms with Gasteiger partial charge in [-0.05, 0) is 29.8 Å². The number of hydrogen-bond acceptors (Lipinski definition) is 5. The van der Waals surface area contributed by atoms with Gasteiger partial charge in [-0.15, -0.1) is 0 Å². The normalized spacial score (nSPS) is 17.1. The highest BCUT2D eigenvalue weighted by atomic mass is 31.2. The molecule has 26 heavy (non-hydrogen) atoms. The van der Waals surface area contributed by atoms with Gasteiger partial charge in [0.1, 0.15) is 5.75 Å². The van der Waals surface area contributed by atoms with Gasteiger partial charge in [-0.3, -0.25) is 14.7 Å². The standard InChI is InChI=1S/C17H18N3O5P/c21-20(22)16-7-6-14(12-17(16)25-15-4-2-1-3-5-15)13-24-26(23,18-8-9-18)19-10-11-19/h1-7,12H,8-11,13H2. The van der Waals surface area contributed by atoms with Crippen LogP contribution in [0.25, 0.3) is 0 Å². The first-order valence-electron chi connectivity index (χ1n) is 8.32. The van der Waals surface area contributed by atoms with E-state index in [9.17, 15) is 14.7 Å². The zero-order valence-electron chi connectivity index (χ0n) is 14.0. The maximum atomic E-state index is 13.0. The second kappa shape index (κ2) is 6.81. The topological polar surface area (TPSA) is 84.7 Å². The highest BCUT2D eigenvalue weighted by Crippen LogP contribution is 2.61. The molecule has 2 aromatic carbocycles. The molecule has 0 aromatic heterocycles. The molecule has 0 N–H and O–H groups in total. The van der Waals surface area contributed by atoms with Crippen LogP contribution >= 0.6 is 7.67 Å². The van der Waals surface area contributed by atoms with Crippen molar-refractivity contribution in [2.24, 2.45) is 0 Å². The lowest BCUT2D eigenvalue weighted by Gasteiger charge is -2.19. The Morgan fingerprint density at radius 3 is 2.27 bits per heavy atom. The first-order chi connectivity index (χ1) is 12.6. The minimum Gasteiger partial charge on any atom is -0.450 e. The van der Waals surface area contributed by atoms with E-state index >= 15 is 0 Å². The monoisotopic (exact) mass is 375 g/mol. The van der Waals surface area contributed by atoms with E-state index in [-0.39, 0.29) is 18.0 Å². The fraction of sp³-hybridized carbons (Fsp3) is 0.294. The predicted molar refractivity (Wildman–Crippen MR) is 95.2 cm³/mol. The second-order valence-corrected chi connectivity index (χ2v) is 8.52. The smallest absolute Gasteiger partial charge is 0.346 e. The number of ether oxygens (including phenoxy) is 1. The molecule has 2 aliphatic rings. The molecule has 136 valence electrons. The Hall–Kier alpha value is -2.25. The van der Waals surface area contributed by atoms with Gasteiger partial charge in [-0.1, -0.05) is 18.2 Å². The molecule has 0 bridgehead atoms. The van der Waals surface area contributed by atoms with Gasteiger partial charge in [-0.2, -0.15) is 0 Å². The highest BCUT2D eigenvalue weighted by molar-refractivity contribution is 7.54. The summed E-state index contributed by atoms with van der Waals surface area (Å²) in [5, 5.41) is 11.3. The predicted octanol–water partition coefficient (Wildman–Crippen LogP) is 3.64. The molecule has 0 unspecified atom stereocenters. The average Bonchev–Trinajstić information content (AvgIpc) is 3.52. The number of nitro benzene ring substituents is 1. The summed E-state index contributed by atoms with van der Waals surface area (Å²) in [6.07, 6.45) is 0. The van der Waals surface area contributed by atoms with Crippen LogP contribution in [0.5, 0.6) is 11.5 Å². The lowest BCUT2D eigenvalue weighted by atomic mass is 10.2. The minimum atomic E-state index is -2.93. The summed E-state index contributed by atoms with van der Waals surface area (Å²) in [7, 11) is -2.93. The molecule has 2 aliphatic heterocycles. The lowest BCUT2D eigenvalue weighted by molar-refractivity contribution is -0.385. The molecule has 4 rings (SSSR count). The summed E-state index contributed by atoms with van der Waals surface area (Å²) >= 11 is 0. The zero-order chi connectivity index (χ0) is 18.1. The zero-order valence-corrected chi connectivity index (χ0v) is 14.9. The van der Waals surface area contributed by atoms with Crippen molar-refractivity contribution in [2.45, 2.75) is 6.61 Å². The van der Waals surface area contributed by atoms with Gasteiger partial charge in [-0.25, -0.2) is 9.34 Å². The summed E-state index contributed by atoms with van der Waals surface area (Å²) in [5.74, 6) is 0.642. The van der Waals surface area contributed by atoms with Crippen molar-refractivity contribution in [1.29, 1.82) is 0 Å². The minimum absolute atomic E-state index is 0.105. The van der Waals surface area contributed by atoms with E-state index in [4.69, 9.17) is 9.26 Å². The van der Waals surface area contributed by atoms with E-state index < -0.39 is 12.6 Å². The molecule has 0 saturated carbocycles. The van der Waals surface area contributed by atoms with Crippen LogP contribution in [-0.2, 0) is 15.7 Å². The number of benzene rings is 2. The van der Waals surface area contributed by atoms with Gasteiger partial charge in [0, 0.05) is 32.2 Å². The van der Waals surface area contributed by atoms with Crippen molar-refractivity contribution < 1.29 is 18.7 Å². The maximum absolute atomic E-state index is 13.0. The van der Waals surface area contributed by atoms with Crippen LogP contribution in [0.3, 0.4) is 0 Å². The second-order valence-electron chi connectivity index (χ2n) is 6.15. The summed E-state index contributed by atoms with van der Waals surface area (Å²) in [5.41, 5.74) is 0.545. The van der Waals surface area contributed by atoms with E-state index in [1.807, 2.05) is 15.4 Å². The summed E-state index contributed by atoms with van der Waals surface area (Å²) in [6, 6.07) is 13.4. The number of hydrogen-bond donors (Lipinski definition) is 0. The third-order valence-electron chi connectivity index (χ3n) is 4.15. The van der Waals surface area contributed by atoms with E-state index in [0.717, 1.165) is 26.2 Å². The van der Waals surface area contributed by atoms with Gasteiger partial charge >= 0.3 is 13.4 Å². The molecular formula is C17H18N3O5P. The SMILES string of the molecule is O=[N+]([O-])c1ccc(COP(=O)(N2CC2)N2CC2)cc1Oc1ccccc1. The Morgan fingerprint density at radius 1 is 1.04 bits per heavy atom. The van der Waals surface area contributed by atoms with Crippen molar-refractivity contribution >= 4 is 13.4 Å². The van der Waals surface area contributed by atoms with Crippen LogP contribution in [0.15, 0.2) is 48.5 Å². The summed E-state index contributed by atoms with van der Waals surface area (Å²) < 4.78 is 28.0. The van der Waals surface area contributed by atoms with Crippen molar-refractivity contribution in [3.63, 3.8) is 0 Å². The fourth-order valence-electron chi connectivity index (χ4n) is 2.59. The summed E-state index contributed by atoms with van der Waals surface area (Å²) in [6.45, 7) is 3.20. The van der Waals surface area contributed by atoms with Crippen molar-refractivity contribution in [3.8, 4) is 11.5 Å². The summed E-state index contributed by atoms with van der Waals surface area (Å²) in [4.78, 5) is 10.8. The Balaban J connectivity index is 1.54. The number of para-hydroxylation sites is 1. The largest absolute Gasteiger partial charge is 0.450 e. The molecule has 0 radical (unpaired) electrons. The fourth-order valence-corrected chi connectivity index (χ4v) is 4.78. The Labute approximate surface area is 150 Å². The number of rotatable bonds is 8. The van der Waals surface area contributed by atoms with Gasteiger partial charge in [0.15, 0.2) is 0 Å². The molecule has 0 amide bonds. The Bertz CT molecular complexity index is 852. The molecule has 2 saturated heterocycles. The van der Waals surface area contributed by atoms with Crippen molar-refractivity contribution in [3.05, 3.63) is 64.2 Å². The van der Waals surface area contributed by atoms with Crippen LogP contribution in [0, 0.1) is 10.1 Å². The number of nitrogens with zero attached hydrogens (tertiary/aromatic N) is 3. The third kappa shape index (κ3) is 3.64. The van der Waals surface area contributed by atoms with Crippen LogP contribution in [0.4, 0.5) is 5.69 Å². The maximum Gasteiger partial charge on any atom is 0.346 e. The van der Waals surface area contributed by atoms with E-state index in [2.05, 4.69) is 0 Å². The van der Waals surface area contributed by atoms with Gasteiger partial charge in [0.05, 0.1) is 11.5 Å². The molecule has 9 heteroatoms. The van der Waals surface area contributed by atoms with Gasteiger partial charge in [0.25, 0.3) is 0 Å². The first-order valence-corrected chi connectivity index (χ1v) is 9.85. The van der Waals surface area contributed by atoms with Crippen molar-refractivity contribution in [2.75, 3.05) is 26.2 Å². The van der Waals surface area contributed by atoms with Crippen LogP contribution in [0.2, 0.25) is 0 Å². The molecule has 2 heterocycles. The molecule has 0 aliphatic carbocycles. The van der Waals surface area contributed by atoms with Crippen molar-refractivity contribution in [1.82, 2.24) is 9.34 Å². The molecular weight excluding hydrogens is 357 g/mol. The Kier molecular flexibility index (Phi) is 4.50. The first kappa shape index (κ1) is 17.2. The van der Waals surface area contributed by atoms with Crippen LogP contribution in [0.1, 0.15) is 5.56 Å². The van der Waals surface area contributed by atoms with Gasteiger partial charge in [0.2, 0.25) is 5.75 Å². The van der Waals surface area contributed by atoms with Gasteiger partial charge < -0.3 is 9.26 Å². The highest BCUT2D eigenvalue weighted by Gasteiger charge is 2.49. The van der Waals surface area contributed by atoms with Crippen LogP contribution < -0.4 is 4.74 Å². The third-order valence-corrected chi connectivity index (χ3v) is 6.85. The number of nitro groups is 1.